The van der Waals surface area contributed by atoms with Gasteiger partial charge in [0, 0.05) is 51.2 Å². The number of nitrogens with zero attached hydrogens (tertiary/aromatic N) is 6. The van der Waals surface area contributed by atoms with Crippen LogP contribution >= 0.6 is 0 Å². The third kappa shape index (κ3) is 5.30. The Labute approximate surface area is 158 Å². The van der Waals surface area contributed by atoms with Gasteiger partial charge in [-0.15, -0.1) is 0 Å². The number of sulfonamides is 1. The first-order chi connectivity index (χ1) is 13.1. The lowest BCUT2D eigenvalue weighted by Crippen LogP contribution is -2.54. The summed E-state index contributed by atoms with van der Waals surface area (Å²) in [6.07, 6.45) is 5.03. The molecule has 0 bridgehead atoms. The molecule has 2 aromatic rings. The molecule has 1 aliphatic rings. The van der Waals surface area contributed by atoms with E-state index in [1.54, 1.807) is 12.3 Å². The highest BCUT2D eigenvalue weighted by atomic mass is 32.2. The van der Waals surface area contributed by atoms with Gasteiger partial charge in [0.15, 0.2) is 5.96 Å². The zero-order chi connectivity index (χ0) is 19.1. The van der Waals surface area contributed by atoms with Crippen molar-refractivity contribution < 1.29 is 12.9 Å². The van der Waals surface area contributed by atoms with Gasteiger partial charge < -0.3 is 14.7 Å². The van der Waals surface area contributed by atoms with Crippen LogP contribution in [0.15, 0.2) is 40.3 Å². The van der Waals surface area contributed by atoms with Crippen LogP contribution in [0.2, 0.25) is 0 Å². The van der Waals surface area contributed by atoms with Crippen molar-refractivity contribution in [3.8, 4) is 0 Å². The van der Waals surface area contributed by atoms with Gasteiger partial charge in [-0.1, -0.05) is 5.16 Å². The van der Waals surface area contributed by atoms with Crippen LogP contribution in [0.1, 0.15) is 12.6 Å². The third-order valence-corrected chi connectivity index (χ3v) is 6.05. The van der Waals surface area contributed by atoms with E-state index < -0.39 is 10.0 Å². The van der Waals surface area contributed by atoms with Crippen molar-refractivity contribution in [2.45, 2.75) is 19.2 Å². The Kier molecular flexibility index (Phi) is 6.45. The van der Waals surface area contributed by atoms with Gasteiger partial charge in [-0.25, -0.2) is 8.42 Å². The smallest absolute Gasteiger partial charge is 0.220 e. The summed E-state index contributed by atoms with van der Waals surface area (Å²) in [6.45, 7) is 6.10. The molecule has 1 aliphatic heterocycles. The molecule has 0 unspecified atom stereocenters. The van der Waals surface area contributed by atoms with E-state index >= 15 is 0 Å². The quantitative estimate of drug-likeness (QED) is 0.518. The van der Waals surface area contributed by atoms with E-state index in [9.17, 15) is 8.42 Å². The van der Waals surface area contributed by atoms with Crippen molar-refractivity contribution in [1.29, 1.82) is 0 Å². The Hall–Kier alpha value is -2.40. The van der Waals surface area contributed by atoms with Crippen LogP contribution in [-0.4, -0.2) is 77.8 Å². The number of piperazine rings is 1. The summed E-state index contributed by atoms with van der Waals surface area (Å²) in [5.41, 5.74) is 0.422. The van der Waals surface area contributed by atoms with Gasteiger partial charge in [0.2, 0.25) is 10.0 Å². The van der Waals surface area contributed by atoms with Gasteiger partial charge >= 0.3 is 0 Å². The molecule has 11 heteroatoms. The maximum Gasteiger partial charge on any atom is 0.220 e. The fraction of sp³-hybridized carbons (Fsp3) is 0.562. The molecular formula is C16H25N7O3S. The summed E-state index contributed by atoms with van der Waals surface area (Å²) in [6, 6.07) is 3.46. The fourth-order valence-corrected chi connectivity index (χ4v) is 4.31. The van der Waals surface area contributed by atoms with E-state index in [1.165, 1.54) is 10.6 Å². The van der Waals surface area contributed by atoms with Crippen LogP contribution in [0.25, 0.3) is 0 Å². The van der Waals surface area contributed by atoms with Gasteiger partial charge in [-0.3, -0.25) is 9.67 Å². The second-order valence-corrected chi connectivity index (χ2v) is 8.11. The Bertz CT molecular complexity index is 810. The molecular weight excluding hydrogens is 370 g/mol. The molecule has 0 saturated carbocycles. The highest BCUT2D eigenvalue weighted by Gasteiger charge is 2.28. The summed E-state index contributed by atoms with van der Waals surface area (Å²) in [5, 5.41) is 11.1. The average Bonchev–Trinajstić information content (AvgIpc) is 3.35. The molecule has 0 spiro atoms. The van der Waals surface area contributed by atoms with E-state index in [0.717, 1.165) is 12.5 Å². The molecule has 27 heavy (non-hydrogen) atoms. The summed E-state index contributed by atoms with van der Waals surface area (Å²) >= 11 is 0. The maximum absolute atomic E-state index is 12.5. The summed E-state index contributed by atoms with van der Waals surface area (Å²) in [7, 11) is -3.40. The Morgan fingerprint density at radius 1 is 1.33 bits per heavy atom. The molecule has 3 heterocycles. The zero-order valence-electron chi connectivity index (χ0n) is 15.4. The Morgan fingerprint density at radius 2 is 2.15 bits per heavy atom. The minimum atomic E-state index is -3.40. The van der Waals surface area contributed by atoms with Gasteiger partial charge in [0.1, 0.15) is 12.0 Å². The number of rotatable bonds is 7. The van der Waals surface area contributed by atoms with Crippen LogP contribution in [0, 0.1) is 0 Å². The number of aromatic nitrogens is 3. The largest absolute Gasteiger partial charge is 0.364 e. The predicted molar refractivity (Wildman–Crippen MR) is 100 cm³/mol. The third-order valence-electron chi connectivity index (χ3n) is 4.24. The van der Waals surface area contributed by atoms with Gasteiger partial charge in [-0.2, -0.15) is 9.40 Å². The van der Waals surface area contributed by atoms with Crippen molar-refractivity contribution in [1.82, 2.24) is 29.5 Å². The number of hydrogen-bond acceptors (Lipinski definition) is 6. The lowest BCUT2D eigenvalue weighted by molar-refractivity contribution is 0.259. The fourth-order valence-electron chi connectivity index (χ4n) is 2.89. The minimum absolute atomic E-state index is 0.137. The standard InChI is InChI=1S/C16H25N7O3S/c1-2-17-16(18-6-8-22-7-3-5-19-22)21-9-11-23(12-10-21)27(24,25)14-15-4-13-26-20-15/h3-5,7,13H,2,6,8-12,14H2,1H3,(H,17,18). The second-order valence-electron chi connectivity index (χ2n) is 6.14. The number of nitrogens with one attached hydrogen (secondary N) is 1. The molecule has 0 radical (unpaired) electrons. The molecule has 0 atom stereocenters. The predicted octanol–water partition coefficient (Wildman–Crippen LogP) is -0.0158. The van der Waals surface area contributed by atoms with Crippen LogP contribution in [0.3, 0.4) is 0 Å². The van der Waals surface area contributed by atoms with Crippen molar-refractivity contribution in [3.05, 3.63) is 36.5 Å². The van der Waals surface area contributed by atoms with E-state index in [-0.39, 0.29) is 5.75 Å². The number of guanidine groups is 1. The average molecular weight is 395 g/mol. The monoisotopic (exact) mass is 395 g/mol. The lowest BCUT2D eigenvalue weighted by Gasteiger charge is -2.35. The highest BCUT2D eigenvalue weighted by molar-refractivity contribution is 7.88. The highest BCUT2D eigenvalue weighted by Crippen LogP contribution is 2.12. The molecule has 1 fully saturated rings. The summed E-state index contributed by atoms with van der Waals surface area (Å²) < 4.78 is 33.1. The SMILES string of the molecule is CCNC(=NCCn1cccn1)N1CCN(S(=O)(=O)Cc2ccon2)CC1. The summed E-state index contributed by atoms with van der Waals surface area (Å²) in [5.74, 6) is 0.667. The van der Waals surface area contributed by atoms with Gasteiger partial charge in [0.25, 0.3) is 0 Å². The summed E-state index contributed by atoms with van der Waals surface area (Å²) in [4.78, 5) is 6.73. The van der Waals surface area contributed by atoms with Crippen molar-refractivity contribution in [2.24, 2.45) is 4.99 Å². The number of hydrogen-bond donors (Lipinski definition) is 1. The van der Waals surface area contributed by atoms with Crippen LogP contribution < -0.4 is 5.32 Å². The molecule has 148 valence electrons. The molecule has 0 amide bonds. The van der Waals surface area contributed by atoms with E-state index in [0.29, 0.717) is 45.0 Å². The first-order valence-electron chi connectivity index (χ1n) is 8.96. The topological polar surface area (TPSA) is 109 Å². The van der Waals surface area contributed by atoms with Crippen LogP contribution in [0.5, 0.6) is 0 Å². The first-order valence-corrected chi connectivity index (χ1v) is 10.6. The molecule has 2 aromatic heterocycles. The van der Waals surface area contributed by atoms with E-state index in [4.69, 9.17) is 4.52 Å². The van der Waals surface area contributed by atoms with E-state index in [2.05, 4.69) is 25.5 Å². The number of aliphatic imine (C=N–C) groups is 1. The van der Waals surface area contributed by atoms with Gasteiger partial charge in [0.05, 0.1) is 18.8 Å². The van der Waals surface area contributed by atoms with Crippen LogP contribution in [-0.2, 0) is 22.3 Å². The van der Waals surface area contributed by atoms with Crippen molar-refractivity contribution in [3.63, 3.8) is 0 Å². The molecule has 0 aromatic carbocycles. The van der Waals surface area contributed by atoms with Crippen molar-refractivity contribution >= 4 is 16.0 Å². The maximum atomic E-state index is 12.5. The van der Waals surface area contributed by atoms with Gasteiger partial charge in [-0.05, 0) is 13.0 Å². The Balaban J connectivity index is 1.55. The Morgan fingerprint density at radius 3 is 2.78 bits per heavy atom. The molecule has 10 nitrogen and oxygen atoms in total. The molecule has 3 rings (SSSR count). The molecule has 0 aliphatic carbocycles. The molecule has 1 saturated heterocycles. The first kappa shape index (κ1) is 19.4. The minimum Gasteiger partial charge on any atom is -0.364 e. The zero-order valence-corrected chi connectivity index (χ0v) is 16.2. The van der Waals surface area contributed by atoms with E-state index in [1.807, 2.05) is 23.9 Å². The van der Waals surface area contributed by atoms with Crippen LogP contribution in [0.4, 0.5) is 0 Å². The normalized spacial score (nSPS) is 16.6. The molecule has 1 N–H and O–H groups in total. The second kappa shape index (κ2) is 9.00. The lowest BCUT2D eigenvalue weighted by atomic mass is 10.4. The van der Waals surface area contributed by atoms with Crippen molar-refractivity contribution in [2.75, 3.05) is 39.3 Å².